The van der Waals surface area contributed by atoms with Gasteiger partial charge in [0, 0.05) is 6.04 Å². The number of rotatable bonds is 1. The van der Waals surface area contributed by atoms with E-state index in [0.29, 0.717) is 17.5 Å². The summed E-state index contributed by atoms with van der Waals surface area (Å²) in [6.07, 6.45) is 8.02. The molecule has 1 aliphatic carbocycles. The van der Waals surface area contributed by atoms with Gasteiger partial charge in [-0.3, -0.25) is 0 Å². The van der Waals surface area contributed by atoms with E-state index in [1.807, 2.05) is 6.92 Å². The molecule has 5 nitrogen and oxygen atoms in total. The maximum atomic E-state index is 6.09. The predicted octanol–water partition coefficient (Wildman–Crippen LogP) is 2.41. The summed E-state index contributed by atoms with van der Waals surface area (Å²) in [5.74, 6) is 1.41. The van der Waals surface area contributed by atoms with Crippen molar-refractivity contribution in [3.63, 3.8) is 0 Å². The van der Waals surface area contributed by atoms with E-state index in [1.165, 1.54) is 32.1 Å². The number of aryl methyl sites for hydroxylation is 1. The van der Waals surface area contributed by atoms with Gasteiger partial charge < -0.3 is 16.0 Å². The van der Waals surface area contributed by atoms with Crippen LogP contribution in [0.25, 0.3) is 11.0 Å². The molecule has 0 atom stereocenters. The van der Waals surface area contributed by atoms with Gasteiger partial charge in [0.2, 0.25) is 0 Å². The van der Waals surface area contributed by atoms with Crippen LogP contribution in [0, 0.1) is 6.92 Å². The maximum absolute atomic E-state index is 6.09. The van der Waals surface area contributed by atoms with Crippen molar-refractivity contribution >= 4 is 22.5 Å². The minimum Gasteiger partial charge on any atom is -0.394 e. The summed E-state index contributed by atoms with van der Waals surface area (Å²) in [6.45, 7) is 2.03. The van der Waals surface area contributed by atoms with Crippen LogP contribution in [0.2, 0.25) is 0 Å². The zero-order valence-corrected chi connectivity index (χ0v) is 10.7. The van der Waals surface area contributed by atoms with Crippen molar-refractivity contribution in [1.29, 1.82) is 0 Å². The molecule has 3 rings (SSSR count). The van der Waals surface area contributed by atoms with E-state index >= 15 is 0 Å². The fraction of sp³-hybridized carbons (Fsp3) is 0.538. The van der Waals surface area contributed by atoms with E-state index in [-0.39, 0.29) is 0 Å². The topological polar surface area (TPSA) is 82.8 Å². The highest BCUT2D eigenvalue weighted by atomic mass is 15.1. The Hall–Kier alpha value is -1.78. The Bertz CT molecular complexity index is 581. The monoisotopic (exact) mass is 245 g/mol. The highest BCUT2D eigenvalue weighted by Crippen LogP contribution is 2.35. The van der Waals surface area contributed by atoms with Crippen LogP contribution in [-0.4, -0.2) is 14.5 Å². The van der Waals surface area contributed by atoms with Gasteiger partial charge in [0.25, 0.3) is 0 Å². The van der Waals surface area contributed by atoms with Gasteiger partial charge >= 0.3 is 0 Å². The number of nitrogen functional groups attached to an aromatic ring is 2. The molecule has 96 valence electrons. The molecule has 2 aromatic heterocycles. The SMILES string of the molecule is Cc1nc2cnc(N)c(N)c2n1C1CCCCC1. The molecule has 18 heavy (non-hydrogen) atoms. The summed E-state index contributed by atoms with van der Waals surface area (Å²) in [5, 5.41) is 0. The van der Waals surface area contributed by atoms with Crippen LogP contribution < -0.4 is 11.5 Å². The lowest BCUT2D eigenvalue weighted by Crippen LogP contribution is -2.15. The highest BCUT2D eigenvalue weighted by Gasteiger charge is 2.21. The molecule has 1 aliphatic rings. The number of fused-ring (bicyclic) bond motifs is 1. The van der Waals surface area contributed by atoms with E-state index < -0.39 is 0 Å². The van der Waals surface area contributed by atoms with E-state index in [0.717, 1.165) is 16.9 Å². The van der Waals surface area contributed by atoms with Crippen molar-refractivity contribution in [3.05, 3.63) is 12.0 Å². The first-order chi connectivity index (χ1) is 8.68. The predicted molar refractivity (Wildman–Crippen MR) is 73.2 cm³/mol. The second-order valence-corrected chi connectivity index (χ2v) is 5.11. The Labute approximate surface area is 106 Å². The quantitative estimate of drug-likeness (QED) is 0.808. The Morgan fingerprint density at radius 1 is 1.22 bits per heavy atom. The average molecular weight is 245 g/mol. The summed E-state index contributed by atoms with van der Waals surface area (Å²) in [5.41, 5.74) is 14.3. The van der Waals surface area contributed by atoms with Gasteiger partial charge in [0.1, 0.15) is 22.8 Å². The minimum atomic E-state index is 0.402. The first kappa shape index (κ1) is 11.3. The molecule has 0 unspecified atom stereocenters. The first-order valence-electron chi connectivity index (χ1n) is 6.57. The van der Waals surface area contributed by atoms with E-state index in [1.54, 1.807) is 6.20 Å². The van der Waals surface area contributed by atoms with Gasteiger partial charge in [-0.1, -0.05) is 19.3 Å². The standard InChI is InChI=1S/C13H19N5/c1-8-17-10-7-16-13(15)11(14)12(10)18(8)9-5-3-2-4-6-9/h7,9H,2-6,14H2,1H3,(H2,15,16). The van der Waals surface area contributed by atoms with Crippen molar-refractivity contribution in [3.8, 4) is 0 Å². The fourth-order valence-corrected chi connectivity index (χ4v) is 3.03. The lowest BCUT2D eigenvalue weighted by Gasteiger charge is -2.25. The van der Waals surface area contributed by atoms with Gasteiger partial charge in [-0.2, -0.15) is 0 Å². The van der Waals surface area contributed by atoms with Gasteiger partial charge in [0.15, 0.2) is 0 Å². The Balaban J connectivity index is 2.20. The number of imidazole rings is 1. The number of hydrogen-bond acceptors (Lipinski definition) is 4. The molecule has 0 amide bonds. The number of anilines is 2. The molecular formula is C13H19N5. The second-order valence-electron chi connectivity index (χ2n) is 5.11. The number of hydrogen-bond donors (Lipinski definition) is 2. The summed E-state index contributed by atoms with van der Waals surface area (Å²) < 4.78 is 2.27. The molecule has 1 fully saturated rings. The first-order valence-corrected chi connectivity index (χ1v) is 6.57. The van der Waals surface area contributed by atoms with Gasteiger partial charge in [-0.05, 0) is 19.8 Å². The van der Waals surface area contributed by atoms with E-state index in [9.17, 15) is 0 Å². The molecule has 0 saturated heterocycles. The number of aromatic nitrogens is 3. The van der Waals surface area contributed by atoms with Gasteiger partial charge in [0.05, 0.1) is 11.7 Å². The normalized spacial score (nSPS) is 17.4. The third kappa shape index (κ3) is 1.62. The molecule has 5 heteroatoms. The third-order valence-electron chi connectivity index (χ3n) is 3.91. The minimum absolute atomic E-state index is 0.402. The summed E-state index contributed by atoms with van der Waals surface area (Å²) >= 11 is 0. The highest BCUT2D eigenvalue weighted by molar-refractivity contribution is 5.92. The zero-order chi connectivity index (χ0) is 12.7. The van der Waals surface area contributed by atoms with Crippen molar-refractivity contribution in [2.75, 3.05) is 11.5 Å². The Morgan fingerprint density at radius 2 is 1.94 bits per heavy atom. The summed E-state index contributed by atoms with van der Waals surface area (Å²) in [6, 6.07) is 0.507. The third-order valence-corrected chi connectivity index (χ3v) is 3.91. The van der Waals surface area contributed by atoms with Crippen LogP contribution in [0.4, 0.5) is 11.5 Å². The zero-order valence-electron chi connectivity index (χ0n) is 10.7. The molecule has 0 aromatic carbocycles. The molecule has 0 bridgehead atoms. The fourth-order valence-electron chi connectivity index (χ4n) is 3.03. The van der Waals surface area contributed by atoms with Crippen LogP contribution in [0.5, 0.6) is 0 Å². The summed E-state index contributed by atoms with van der Waals surface area (Å²) in [7, 11) is 0. The molecule has 0 aliphatic heterocycles. The molecule has 2 aromatic rings. The molecule has 0 radical (unpaired) electrons. The van der Waals surface area contributed by atoms with Crippen LogP contribution in [-0.2, 0) is 0 Å². The summed E-state index contributed by atoms with van der Waals surface area (Å²) in [4.78, 5) is 8.64. The van der Waals surface area contributed by atoms with Crippen molar-refractivity contribution in [2.45, 2.75) is 45.1 Å². The van der Waals surface area contributed by atoms with Gasteiger partial charge in [-0.25, -0.2) is 9.97 Å². The molecule has 1 saturated carbocycles. The Kier molecular flexibility index (Phi) is 2.61. The number of pyridine rings is 1. The number of nitrogens with two attached hydrogens (primary N) is 2. The smallest absolute Gasteiger partial charge is 0.148 e. The Morgan fingerprint density at radius 3 is 2.67 bits per heavy atom. The molecule has 2 heterocycles. The lowest BCUT2D eigenvalue weighted by molar-refractivity contribution is 0.355. The molecule has 0 spiro atoms. The van der Waals surface area contributed by atoms with E-state index in [4.69, 9.17) is 11.5 Å². The van der Waals surface area contributed by atoms with Crippen LogP contribution in [0.1, 0.15) is 44.0 Å². The number of nitrogens with zero attached hydrogens (tertiary/aromatic N) is 3. The van der Waals surface area contributed by atoms with Crippen LogP contribution in [0.15, 0.2) is 6.20 Å². The average Bonchev–Trinajstić information content (AvgIpc) is 2.72. The lowest BCUT2D eigenvalue weighted by atomic mass is 9.95. The van der Waals surface area contributed by atoms with Crippen molar-refractivity contribution in [2.24, 2.45) is 0 Å². The van der Waals surface area contributed by atoms with Crippen LogP contribution >= 0.6 is 0 Å². The van der Waals surface area contributed by atoms with Crippen molar-refractivity contribution < 1.29 is 0 Å². The molecular weight excluding hydrogens is 226 g/mol. The maximum Gasteiger partial charge on any atom is 0.148 e. The largest absolute Gasteiger partial charge is 0.394 e. The van der Waals surface area contributed by atoms with Crippen molar-refractivity contribution in [1.82, 2.24) is 14.5 Å². The molecule has 4 N–H and O–H groups in total. The van der Waals surface area contributed by atoms with Crippen LogP contribution in [0.3, 0.4) is 0 Å². The van der Waals surface area contributed by atoms with Gasteiger partial charge in [-0.15, -0.1) is 0 Å². The van der Waals surface area contributed by atoms with E-state index in [2.05, 4.69) is 14.5 Å². The second kappa shape index (κ2) is 4.15.